The van der Waals surface area contributed by atoms with E-state index in [0.717, 1.165) is 29.7 Å². The SMILES string of the molecule is CCCn1ccc(C(=O)N2CC[C@](Cc3cccc(-c4ccccc4)c3)(C(=O)NC)C2)n1. The van der Waals surface area contributed by atoms with E-state index in [0.29, 0.717) is 31.6 Å². The molecule has 0 radical (unpaired) electrons. The van der Waals surface area contributed by atoms with Crippen molar-refractivity contribution in [2.45, 2.75) is 32.7 Å². The lowest BCUT2D eigenvalue weighted by Crippen LogP contribution is -2.44. The van der Waals surface area contributed by atoms with Gasteiger partial charge in [0.25, 0.3) is 5.91 Å². The molecule has 1 aromatic heterocycles. The second-order valence-electron chi connectivity index (χ2n) is 8.54. The molecule has 2 heterocycles. The molecule has 6 heteroatoms. The molecule has 0 aliphatic carbocycles. The molecule has 166 valence electrons. The second-order valence-corrected chi connectivity index (χ2v) is 8.54. The molecule has 1 saturated heterocycles. The molecular weight excluding hydrogens is 400 g/mol. The summed E-state index contributed by atoms with van der Waals surface area (Å²) in [4.78, 5) is 27.9. The summed E-state index contributed by atoms with van der Waals surface area (Å²) >= 11 is 0. The van der Waals surface area contributed by atoms with Gasteiger partial charge in [0.1, 0.15) is 5.69 Å². The normalized spacial score (nSPS) is 18.0. The van der Waals surface area contributed by atoms with Crippen LogP contribution in [0.3, 0.4) is 0 Å². The summed E-state index contributed by atoms with van der Waals surface area (Å²) in [5.74, 6) is -0.127. The standard InChI is InChI=1S/C26H30N4O2/c1-3-14-30-15-12-23(28-30)24(31)29-16-13-26(19-29,25(32)27-2)18-20-8-7-11-22(17-20)21-9-5-4-6-10-21/h4-12,15,17H,3,13-14,16,18-19H2,1-2H3,(H,27,32)/t26-/m1/s1. The van der Waals surface area contributed by atoms with Crippen LogP contribution in [0.15, 0.2) is 66.9 Å². The van der Waals surface area contributed by atoms with Gasteiger partial charge < -0.3 is 10.2 Å². The Kier molecular flexibility index (Phi) is 6.40. The third kappa shape index (κ3) is 4.44. The van der Waals surface area contributed by atoms with E-state index < -0.39 is 5.41 Å². The number of rotatable bonds is 7. The molecule has 0 saturated carbocycles. The van der Waals surface area contributed by atoms with Gasteiger partial charge in [-0.25, -0.2) is 0 Å². The van der Waals surface area contributed by atoms with Gasteiger partial charge in [0.05, 0.1) is 5.41 Å². The summed E-state index contributed by atoms with van der Waals surface area (Å²) in [6.45, 7) is 3.80. The van der Waals surface area contributed by atoms with Crippen molar-refractivity contribution < 1.29 is 9.59 Å². The number of nitrogens with one attached hydrogen (secondary N) is 1. The fraction of sp³-hybridized carbons (Fsp3) is 0.346. The zero-order valence-corrected chi connectivity index (χ0v) is 18.8. The van der Waals surface area contributed by atoms with Gasteiger partial charge in [0.2, 0.25) is 5.91 Å². The number of amides is 2. The van der Waals surface area contributed by atoms with Crippen molar-refractivity contribution in [3.8, 4) is 11.1 Å². The molecule has 1 atom stereocenters. The van der Waals surface area contributed by atoms with Gasteiger partial charge in [-0.15, -0.1) is 0 Å². The number of carbonyl (C=O) groups excluding carboxylic acids is 2. The number of hydrogen-bond donors (Lipinski definition) is 1. The monoisotopic (exact) mass is 430 g/mol. The van der Waals surface area contributed by atoms with E-state index in [9.17, 15) is 9.59 Å². The Bertz CT molecular complexity index is 1090. The summed E-state index contributed by atoms with van der Waals surface area (Å²) in [5.41, 5.74) is 3.16. The Morgan fingerprint density at radius 1 is 1.06 bits per heavy atom. The summed E-state index contributed by atoms with van der Waals surface area (Å²) in [7, 11) is 1.67. The largest absolute Gasteiger partial charge is 0.359 e. The van der Waals surface area contributed by atoms with Crippen LogP contribution in [0, 0.1) is 5.41 Å². The molecule has 32 heavy (non-hydrogen) atoms. The van der Waals surface area contributed by atoms with Gasteiger partial charge in [-0.1, -0.05) is 61.5 Å². The van der Waals surface area contributed by atoms with Crippen LogP contribution in [-0.2, 0) is 17.8 Å². The molecule has 0 spiro atoms. The highest BCUT2D eigenvalue weighted by molar-refractivity contribution is 5.93. The predicted molar refractivity (Wildman–Crippen MR) is 125 cm³/mol. The zero-order chi connectivity index (χ0) is 22.6. The van der Waals surface area contributed by atoms with Crippen LogP contribution in [0.25, 0.3) is 11.1 Å². The van der Waals surface area contributed by atoms with Gasteiger partial charge in [0, 0.05) is 32.9 Å². The van der Waals surface area contributed by atoms with E-state index in [1.165, 1.54) is 0 Å². The zero-order valence-electron chi connectivity index (χ0n) is 18.8. The summed E-state index contributed by atoms with van der Waals surface area (Å²) in [5, 5.41) is 7.25. The molecule has 6 nitrogen and oxygen atoms in total. The number of benzene rings is 2. The topological polar surface area (TPSA) is 67.2 Å². The van der Waals surface area contributed by atoms with Crippen LogP contribution in [0.4, 0.5) is 0 Å². The first-order chi connectivity index (χ1) is 15.5. The van der Waals surface area contributed by atoms with Crippen molar-refractivity contribution in [1.29, 1.82) is 0 Å². The van der Waals surface area contributed by atoms with Crippen LogP contribution in [0.2, 0.25) is 0 Å². The highest BCUT2D eigenvalue weighted by Gasteiger charge is 2.46. The third-order valence-electron chi connectivity index (χ3n) is 6.24. The molecule has 0 bridgehead atoms. The van der Waals surface area contributed by atoms with E-state index in [1.807, 2.05) is 30.5 Å². The van der Waals surface area contributed by atoms with E-state index >= 15 is 0 Å². The first kappa shape index (κ1) is 21.8. The quantitative estimate of drug-likeness (QED) is 0.620. The number of hydrogen-bond acceptors (Lipinski definition) is 3. The predicted octanol–water partition coefficient (Wildman–Crippen LogP) is 3.78. The fourth-order valence-electron chi connectivity index (χ4n) is 4.59. The van der Waals surface area contributed by atoms with Gasteiger partial charge >= 0.3 is 0 Å². The average Bonchev–Trinajstić information content (AvgIpc) is 3.47. The second kappa shape index (κ2) is 9.39. The fourth-order valence-corrected chi connectivity index (χ4v) is 4.59. The summed E-state index contributed by atoms with van der Waals surface area (Å²) in [6, 6.07) is 20.3. The van der Waals surface area contributed by atoms with Gasteiger partial charge in [-0.3, -0.25) is 14.3 Å². The Labute approximate surface area is 189 Å². The number of carbonyl (C=O) groups is 2. The molecular formula is C26H30N4O2. The van der Waals surface area contributed by atoms with Crippen LogP contribution in [-0.4, -0.2) is 46.6 Å². The highest BCUT2D eigenvalue weighted by Crippen LogP contribution is 2.36. The summed E-state index contributed by atoms with van der Waals surface area (Å²) < 4.78 is 1.80. The van der Waals surface area contributed by atoms with Gasteiger partial charge in [-0.05, 0) is 42.0 Å². The van der Waals surface area contributed by atoms with Crippen LogP contribution >= 0.6 is 0 Å². The summed E-state index contributed by atoms with van der Waals surface area (Å²) in [6.07, 6.45) is 4.01. The van der Waals surface area contributed by atoms with E-state index in [4.69, 9.17) is 0 Å². The minimum Gasteiger partial charge on any atom is -0.359 e. The molecule has 3 aromatic rings. The van der Waals surface area contributed by atoms with Crippen molar-refractivity contribution in [1.82, 2.24) is 20.0 Å². The Hall–Kier alpha value is -3.41. The number of aryl methyl sites for hydroxylation is 1. The lowest BCUT2D eigenvalue weighted by atomic mass is 9.79. The highest BCUT2D eigenvalue weighted by atomic mass is 16.2. The van der Waals surface area contributed by atoms with E-state index in [2.05, 4.69) is 47.7 Å². The molecule has 2 amide bonds. The van der Waals surface area contributed by atoms with Crippen molar-refractivity contribution >= 4 is 11.8 Å². The molecule has 1 aliphatic heterocycles. The van der Waals surface area contributed by atoms with Crippen LogP contribution in [0.1, 0.15) is 35.8 Å². The van der Waals surface area contributed by atoms with Crippen molar-refractivity contribution in [3.63, 3.8) is 0 Å². The molecule has 1 aliphatic rings. The lowest BCUT2D eigenvalue weighted by molar-refractivity contribution is -0.129. The van der Waals surface area contributed by atoms with E-state index in [1.54, 1.807) is 22.7 Å². The third-order valence-corrected chi connectivity index (χ3v) is 6.24. The van der Waals surface area contributed by atoms with Gasteiger partial charge in [0.15, 0.2) is 0 Å². The van der Waals surface area contributed by atoms with E-state index in [-0.39, 0.29) is 11.8 Å². The Morgan fingerprint density at radius 3 is 2.59 bits per heavy atom. The maximum atomic E-state index is 13.1. The molecule has 4 rings (SSSR count). The molecule has 1 N–H and O–H groups in total. The number of aromatic nitrogens is 2. The van der Waals surface area contributed by atoms with Crippen LogP contribution < -0.4 is 5.32 Å². The number of likely N-dealkylation sites (tertiary alicyclic amines) is 1. The molecule has 2 aromatic carbocycles. The first-order valence-electron chi connectivity index (χ1n) is 11.2. The van der Waals surface area contributed by atoms with Gasteiger partial charge in [-0.2, -0.15) is 5.10 Å². The molecule has 1 fully saturated rings. The van der Waals surface area contributed by atoms with Crippen molar-refractivity contribution in [2.24, 2.45) is 5.41 Å². The number of nitrogens with zero attached hydrogens (tertiary/aromatic N) is 3. The maximum Gasteiger partial charge on any atom is 0.274 e. The lowest BCUT2D eigenvalue weighted by Gasteiger charge is -2.27. The Morgan fingerprint density at radius 2 is 1.84 bits per heavy atom. The maximum absolute atomic E-state index is 13.1. The minimum atomic E-state index is -0.647. The van der Waals surface area contributed by atoms with Crippen LogP contribution in [0.5, 0.6) is 0 Å². The Balaban J connectivity index is 1.55. The van der Waals surface area contributed by atoms with Crippen molar-refractivity contribution in [3.05, 3.63) is 78.1 Å². The van der Waals surface area contributed by atoms with Crippen molar-refractivity contribution in [2.75, 3.05) is 20.1 Å². The first-order valence-corrected chi connectivity index (χ1v) is 11.2. The molecule has 0 unspecified atom stereocenters. The smallest absolute Gasteiger partial charge is 0.274 e. The average molecular weight is 431 g/mol. The minimum absolute atomic E-state index is 0.0190.